The van der Waals surface area contributed by atoms with E-state index in [0.29, 0.717) is 38.2 Å². The number of hydrogen-bond acceptors (Lipinski definition) is 3. The maximum absolute atomic E-state index is 11.7. The molecule has 0 saturated heterocycles. The smallest absolute Gasteiger partial charge is 0.132 e. The minimum Gasteiger partial charge on any atom is -0.489 e. The van der Waals surface area contributed by atoms with E-state index in [2.05, 4.69) is 6.07 Å². The number of carbonyl (C=O) groups excluding carboxylic acids is 1. The van der Waals surface area contributed by atoms with Crippen LogP contribution in [0.2, 0.25) is 0 Å². The minimum absolute atomic E-state index is 0.246. The van der Waals surface area contributed by atoms with Crippen LogP contribution >= 0.6 is 0 Å². The third-order valence-electron chi connectivity index (χ3n) is 4.43. The molecule has 0 unspecified atom stereocenters. The standard InChI is InChI=1S/C25H25O3/c1-2-23(26)14-13-22-15-24(27-18-20-9-5-3-6-10-20)17-25(16-22)28-19-21-11-7-4-8-12-21/h3-12,15,17H,2,13-14,18-19H2,1H3. The average molecular weight is 373 g/mol. The van der Waals surface area contributed by atoms with Gasteiger partial charge >= 0.3 is 0 Å². The Bertz CT molecular complexity index is 811. The van der Waals surface area contributed by atoms with Crippen molar-refractivity contribution in [3.05, 3.63) is 95.6 Å². The van der Waals surface area contributed by atoms with Crippen molar-refractivity contribution < 1.29 is 14.3 Å². The first-order chi connectivity index (χ1) is 13.7. The van der Waals surface area contributed by atoms with Gasteiger partial charge in [0, 0.05) is 25.0 Å². The number of rotatable bonds is 10. The van der Waals surface area contributed by atoms with Crippen molar-refractivity contribution in [2.45, 2.75) is 39.4 Å². The molecule has 3 aromatic carbocycles. The van der Waals surface area contributed by atoms with Crippen LogP contribution in [-0.2, 0) is 24.4 Å². The molecule has 0 aliphatic rings. The SMILES string of the molecule is CCC(=O)CCc1[c]c(OCc2ccccc2)cc(OCc2ccccc2)c1. The van der Waals surface area contributed by atoms with Crippen molar-refractivity contribution in [3.63, 3.8) is 0 Å². The van der Waals surface area contributed by atoms with E-state index < -0.39 is 0 Å². The molecule has 0 aliphatic heterocycles. The Morgan fingerprint density at radius 2 is 1.46 bits per heavy atom. The third-order valence-corrected chi connectivity index (χ3v) is 4.43. The van der Waals surface area contributed by atoms with Crippen LogP contribution in [0.1, 0.15) is 36.5 Å². The van der Waals surface area contributed by atoms with E-state index >= 15 is 0 Å². The minimum atomic E-state index is 0.246. The Kier molecular flexibility index (Phi) is 7.25. The first-order valence-corrected chi connectivity index (χ1v) is 9.64. The lowest BCUT2D eigenvalue weighted by Crippen LogP contribution is -2.02. The van der Waals surface area contributed by atoms with Crippen molar-refractivity contribution in [2.75, 3.05) is 0 Å². The van der Waals surface area contributed by atoms with Crippen molar-refractivity contribution in [1.82, 2.24) is 0 Å². The summed E-state index contributed by atoms with van der Waals surface area (Å²) in [6.45, 7) is 2.84. The molecular weight excluding hydrogens is 348 g/mol. The number of benzene rings is 3. The van der Waals surface area contributed by atoms with Gasteiger partial charge in [0.15, 0.2) is 0 Å². The Labute approximate surface area is 166 Å². The molecular formula is C25H25O3. The lowest BCUT2D eigenvalue weighted by Gasteiger charge is -2.12. The Hall–Kier alpha value is -3.07. The fourth-order valence-corrected chi connectivity index (χ4v) is 2.80. The summed E-state index contributed by atoms with van der Waals surface area (Å²) in [4.78, 5) is 11.7. The highest BCUT2D eigenvalue weighted by molar-refractivity contribution is 5.78. The van der Waals surface area contributed by atoms with Crippen LogP contribution in [0.15, 0.2) is 72.8 Å². The van der Waals surface area contributed by atoms with Gasteiger partial charge in [0.1, 0.15) is 30.5 Å². The van der Waals surface area contributed by atoms with Gasteiger partial charge in [0.2, 0.25) is 0 Å². The summed E-state index contributed by atoms with van der Waals surface area (Å²) in [7, 11) is 0. The number of ketones is 1. The zero-order valence-corrected chi connectivity index (χ0v) is 16.2. The van der Waals surface area contributed by atoms with Crippen molar-refractivity contribution >= 4 is 5.78 Å². The summed E-state index contributed by atoms with van der Waals surface area (Å²) in [6, 6.07) is 27.1. The second kappa shape index (κ2) is 10.3. The fourth-order valence-electron chi connectivity index (χ4n) is 2.80. The molecule has 0 aliphatic carbocycles. The van der Waals surface area contributed by atoms with E-state index in [9.17, 15) is 4.79 Å². The van der Waals surface area contributed by atoms with Crippen molar-refractivity contribution in [2.24, 2.45) is 0 Å². The van der Waals surface area contributed by atoms with Crippen molar-refractivity contribution in [1.29, 1.82) is 0 Å². The monoisotopic (exact) mass is 373 g/mol. The number of hydrogen-bond donors (Lipinski definition) is 0. The Morgan fingerprint density at radius 1 is 0.857 bits per heavy atom. The van der Waals surface area contributed by atoms with E-state index in [0.717, 1.165) is 22.4 Å². The van der Waals surface area contributed by atoms with Gasteiger partial charge in [0.05, 0.1) is 0 Å². The fraction of sp³-hybridized carbons (Fsp3) is 0.240. The first-order valence-electron chi connectivity index (χ1n) is 9.64. The second-order valence-corrected chi connectivity index (χ2v) is 6.65. The Morgan fingerprint density at radius 3 is 2.07 bits per heavy atom. The van der Waals surface area contributed by atoms with Gasteiger partial charge in [-0.3, -0.25) is 4.79 Å². The molecule has 0 fully saturated rings. The molecule has 3 nitrogen and oxygen atoms in total. The molecule has 0 atom stereocenters. The predicted molar refractivity (Wildman–Crippen MR) is 110 cm³/mol. The Balaban J connectivity index is 1.71. The molecule has 1 radical (unpaired) electrons. The molecule has 0 heterocycles. The van der Waals surface area contributed by atoms with Gasteiger partial charge in [-0.1, -0.05) is 67.6 Å². The largest absolute Gasteiger partial charge is 0.489 e. The molecule has 3 rings (SSSR count). The van der Waals surface area contributed by atoms with Gasteiger partial charge in [-0.15, -0.1) is 0 Å². The molecule has 143 valence electrons. The number of aryl methyl sites for hydroxylation is 1. The summed E-state index contributed by atoms with van der Waals surface area (Å²) in [6.07, 6.45) is 1.70. The van der Waals surface area contributed by atoms with Crippen molar-refractivity contribution in [3.8, 4) is 11.5 Å². The molecule has 3 heteroatoms. The zero-order valence-electron chi connectivity index (χ0n) is 16.2. The quantitative estimate of drug-likeness (QED) is 0.467. The van der Waals surface area contributed by atoms with E-state index in [1.54, 1.807) is 0 Å². The topological polar surface area (TPSA) is 35.5 Å². The maximum atomic E-state index is 11.7. The highest BCUT2D eigenvalue weighted by Gasteiger charge is 2.07. The number of Topliss-reactive ketones (excluding diaryl/α,β-unsaturated/α-hetero) is 1. The number of ether oxygens (including phenoxy) is 2. The highest BCUT2D eigenvalue weighted by atomic mass is 16.5. The van der Waals surface area contributed by atoms with Crippen LogP contribution < -0.4 is 9.47 Å². The maximum Gasteiger partial charge on any atom is 0.132 e. The summed E-state index contributed by atoms with van der Waals surface area (Å²) < 4.78 is 11.9. The molecule has 0 bridgehead atoms. The van der Waals surface area contributed by atoms with Crippen LogP contribution in [-0.4, -0.2) is 5.78 Å². The predicted octanol–water partition coefficient (Wildman–Crippen LogP) is 5.56. The van der Waals surface area contributed by atoms with Gasteiger partial charge in [-0.2, -0.15) is 0 Å². The normalized spacial score (nSPS) is 10.5. The third kappa shape index (κ3) is 6.27. The van der Waals surface area contributed by atoms with Crippen LogP contribution in [0.3, 0.4) is 0 Å². The molecule has 0 spiro atoms. The summed E-state index contributed by atoms with van der Waals surface area (Å²) >= 11 is 0. The molecule has 28 heavy (non-hydrogen) atoms. The number of carbonyl (C=O) groups is 1. The van der Waals surface area contributed by atoms with E-state index in [4.69, 9.17) is 9.47 Å². The summed E-state index contributed by atoms with van der Waals surface area (Å²) in [5.74, 6) is 1.61. The van der Waals surface area contributed by atoms with E-state index in [1.165, 1.54) is 0 Å². The summed E-state index contributed by atoms with van der Waals surface area (Å²) in [5.41, 5.74) is 3.12. The lowest BCUT2D eigenvalue weighted by molar-refractivity contribution is -0.118. The molecule has 0 amide bonds. The molecule has 3 aromatic rings. The van der Waals surface area contributed by atoms with Crippen LogP contribution in [0.5, 0.6) is 11.5 Å². The van der Waals surface area contributed by atoms with E-state index in [-0.39, 0.29) is 5.78 Å². The van der Waals surface area contributed by atoms with Crippen LogP contribution in [0.25, 0.3) is 0 Å². The lowest BCUT2D eigenvalue weighted by atomic mass is 10.1. The van der Waals surface area contributed by atoms with Crippen LogP contribution in [0, 0.1) is 6.07 Å². The molecule has 0 aromatic heterocycles. The van der Waals surface area contributed by atoms with Gasteiger partial charge in [-0.25, -0.2) is 0 Å². The van der Waals surface area contributed by atoms with Crippen LogP contribution in [0.4, 0.5) is 0 Å². The van der Waals surface area contributed by atoms with E-state index in [1.807, 2.05) is 79.7 Å². The van der Waals surface area contributed by atoms with Gasteiger partial charge in [-0.05, 0) is 29.2 Å². The zero-order chi connectivity index (χ0) is 19.6. The summed E-state index contributed by atoms with van der Waals surface area (Å²) in [5, 5.41) is 0. The molecule has 0 saturated carbocycles. The average Bonchev–Trinajstić information content (AvgIpc) is 2.76. The first kappa shape index (κ1) is 19.7. The van der Waals surface area contributed by atoms with Gasteiger partial charge < -0.3 is 9.47 Å². The van der Waals surface area contributed by atoms with Gasteiger partial charge in [0.25, 0.3) is 0 Å². The highest BCUT2D eigenvalue weighted by Crippen LogP contribution is 2.25. The molecule has 0 N–H and O–H groups in total. The second-order valence-electron chi connectivity index (χ2n) is 6.65.